The van der Waals surface area contributed by atoms with Crippen molar-refractivity contribution in [1.82, 2.24) is 56.0 Å². The first-order chi connectivity index (χ1) is 37.2. The Labute approximate surface area is 482 Å². The van der Waals surface area contributed by atoms with Crippen LogP contribution < -0.4 is 26.6 Å². The van der Waals surface area contributed by atoms with Crippen molar-refractivity contribution in [2.45, 2.75) is 77.3 Å². The Bertz CT molecular complexity index is 2660. The van der Waals surface area contributed by atoms with E-state index in [1.165, 1.54) is 23.8 Å². The van der Waals surface area contributed by atoms with E-state index in [2.05, 4.69) is 26.6 Å². The summed E-state index contributed by atoms with van der Waals surface area (Å²) in [6, 6.07) is -3.20. The van der Waals surface area contributed by atoms with E-state index in [9.17, 15) is 70.9 Å². The molecule has 5 saturated heterocycles. The quantitative estimate of drug-likeness (QED) is 0.102. The van der Waals surface area contributed by atoms with Gasteiger partial charge in [-0.2, -0.15) is 0 Å². The van der Waals surface area contributed by atoms with Crippen LogP contribution in [-0.4, -0.2) is 329 Å². The molecule has 5 fully saturated rings. The van der Waals surface area contributed by atoms with E-state index < -0.39 is 79.4 Å². The molecule has 5 amide bonds. The van der Waals surface area contributed by atoms with E-state index in [0.717, 1.165) is 6.54 Å². The minimum atomic E-state index is -3.22. The Hall–Kier alpha value is -3.51. The molecule has 0 aromatic heterocycles. The zero-order valence-electron chi connectivity index (χ0n) is 50.0. The SMILES string of the molecule is CNC1CS(=O)(=O)CCN(C(C)(C)C)C1=O.CNC1CS(=O)(=O)CCN(CC(C)=O)C1=O.CNC1CS(=O)(=O)CCN(CC(C)C)C1=O.CNC1CS(=O)(=O)CCN(CCN(C)C)C1=O.CNC1CS(=O)(=O)CCN(CCOC)C1=O. The number of carbonyl (C=O) groups excluding carboxylic acids is 6. The van der Waals surface area contributed by atoms with Crippen molar-refractivity contribution < 1.29 is 75.6 Å². The van der Waals surface area contributed by atoms with Crippen molar-refractivity contribution in [2.75, 3.05) is 186 Å². The molecule has 5 atom stereocenters. The molecular weight excluding hydrogens is 1160 g/mol. The summed E-state index contributed by atoms with van der Waals surface area (Å²) in [7, 11) is -2.33. The highest BCUT2D eigenvalue weighted by Gasteiger charge is 2.39. The average Bonchev–Trinajstić information content (AvgIpc) is 3.72. The number of amides is 5. The van der Waals surface area contributed by atoms with Crippen molar-refractivity contribution in [3.63, 3.8) is 0 Å². The summed E-state index contributed by atoms with van der Waals surface area (Å²) in [4.78, 5) is 80.6. The number of rotatable bonds is 15. The minimum Gasteiger partial charge on any atom is -0.383 e. The van der Waals surface area contributed by atoms with Crippen LogP contribution in [0.4, 0.5) is 0 Å². The topological polar surface area (TPSA) is 362 Å². The van der Waals surface area contributed by atoms with Crippen LogP contribution in [-0.2, 0) is 82.7 Å². The van der Waals surface area contributed by atoms with Crippen molar-refractivity contribution in [1.29, 1.82) is 0 Å². The molecule has 33 heteroatoms. The fraction of sp³-hybridized carbons (Fsp3) is 0.875. The predicted octanol–water partition coefficient (Wildman–Crippen LogP) is -5.59. The second-order valence-corrected chi connectivity index (χ2v) is 33.2. The first-order valence-corrected chi connectivity index (χ1v) is 35.8. The van der Waals surface area contributed by atoms with Gasteiger partial charge in [0.15, 0.2) is 49.2 Å². The van der Waals surface area contributed by atoms with E-state index in [4.69, 9.17) is 4.74 Å². The van der Waals surface area contributed by atoms with Gasteiger partial charge in [-0.15, -0.1) is 0 Å². The highest BCUT2D eigenvalue weighted by molar-refractivity contribution is 7.92. The van der Waals surface area contributed by atoms with Crippen LogP contribution in [0.5, 0.6) is 0 Å². The van der Waals surface area contributed by atoms with Gasteiger partial charge in [0.25, 0.3) is 0 Å². The second kappa shape index (κ2) is 33.8. The van der Waals surface area contributed by atoms with Crippen LogP contribution in [0.1, 0.15) is 41.5 Å². The molecule has 5 heterocycles. The van der Waals surface area contributed by atoms with Crippen molar-refractivity contribution in [3.8, 4) is 0 Å². The number of ether oxygens (including phenoxy) is 1. The smallest absolute Gasteiger partial charge is 0.241 e. The maximum absolute atomic E-state index is 12.1. The molecule has 5 aliphatic rings. The average molecular weight is 1260 g/mol. The monoisotopic (exact) mass is 1260 g/mol. The number of Topliss-reactive ketones (excluding diaryl/α,β-unsaturated/α-hetero) is 1. The Morgan fingerprint density at radius 3 is 1.12 bits per heavy atom. The molecule has 5 aliphatic heterocycles. The largest absolute Gasteiger partial charge is 0.383 e. The summed E-state index contributed by atoms with van der Waals surface area (Å²) in [6.07, 6.45) is 0. The lowest BCUT2D eigenvalue weighted by Gasteiger charge is -2.36. The third kappa shape index (κ3) is 27.4. The zero-order valence-corrected chi connectivity index (χ0v) is 54.1. The van der Waals surface area contributed by atoms with Crippen molar-refractivity contribution in [3.05, 3.63) is 0 Å². The number of hydrogen-bond donors (Lipinski definition) is 5. The predicted molar refractivity (Wildman–Crippen MR) is 311 cm³/mol. The molecular formula is C48H95N11O17S5. The number of hydrogen-bond acceptors (Lipinski definition) is 23. The molecule has 5 rings (SSSR count). The molecule has 0 saturated carbocycles. The molecule has 474 valence electrons. The van der Waals surface area contributed by atoms with Crippen LogP contribution in [0.2, 0.25) is 0 Å². The van der Waals surface area contributed by atoms with Gasteiger partial charge in [-0.3, -0.25) is 28.8 Å². The molecule has 28 nitrogen and oxygen atoms in total. The van der Waals surface area contributed by atoms with Crippen LogP contribution in [0.15, 0.2) is 0 Å². The number of ketones is 1. The Kier molecular flexibility index (Phi) is 31.5. The Balaban J connectivity index is 0.000000506. The second-order valence-electron chi connectivity index (χ2n) is 22.0. The molecule has 81 heavy (non-hydrogen) atoms. The first kappa shape index (κ1) is 75.5. The number of sulfone groups is 5. The number of likely N-dealkylation sites (N-methyl/N-ethyl adjacent to an activating group) is 6. The third-order valence-electron chi connectivity index (χ3n) is 13.4. The molecule has 5 N–H and O–H groups in total. The van der Waals surface area contributed by atoms with Gasteiger partial charge in [0.1, 0.15) is 36.0 Å². The van der Waals surface area contributed by atoms with Gasteiger partial charge >= 0.3 is 0 Å². The Morgan fingerprint density at radius 2 is 0.815 bits per heavy atom. The number of nitrogens with zero attached hydrogens (tertiary/aromatic N) is 6. The third-order valence-corrected chi connectivity index (χ3v) is 21.6. The van der Waals surface area contributed by atoms with Crippen LogP contribution in [0.3, 0.4) is 0 Å². The highest BCUT2D eigenvalue weighted by Crippen LogP contribution is 2.19. The van der Waals surface area contributed by atoms with Gasteiger partial charge in [0, 0.05) is 71.6 Å². The summed E-state index contributed by atoms with van der Waals surface area (Å²) in [5.74, 6) is -1.10. The van der Waals surface area contributed by atoms with Gasteiger partial charge in [0.2, 0.25) is 29.5 Å². The lowest BCUT2D eigenvalue weighted by Crippen LogP contribution is -2.53. The van der Waals surface area contributed by atoms with Crippen molar-refractivity contribution >= 4 is 84.5 Å². The summed E-state index contributed by atoms with van der Waals surface area (Å²) >= 11 is 0. The van der Waals surface area contributed by atoms with Gasteiger partial charge in [-0.05, 0) is 82.9 Å². The fourth-order valence-electron chi connectivity index (χ4n) is 8.60. The molecule has 0 aromatic carbocycles. The molecule has 5 unspecified atom stereocenters. The van der Waals surface area contributed by atoms with Crippen LogP contribution >= 0.6 is 0 Å². The van der Waals surface area contributed by atoms with Gasteiger partial charge in [0.05, 0.1) is 70.7 Å². The maximum Gasteiger partial charge on any atom is 0.241 e. The summed E-state index contributed by atoms with van der Waals surface area (Å²) in [5.41, 5.74) is -0.341. The van der Waals surface area contributed by atoms with Crippen LogP contribution in [0.25, 0.3) is 0 Å². The standard InChI is InChI=1S/C10H21N3O3S.2C10H20N2O3S.C9H18N2O4S.C9H16N2O4S/c1-11-9-8-17(15,16)7-6-13(10(9)14)5-4-12(2)3;1-10(2,3)12-5-6-16(14,15)7-8(11-4)9(12)13;1-8(2)6-12-4-5-16(14,15)7-9(11-3)10(12)13;1-10-8-7-16(13,14)6-4-11(9(8)12)3-5-15-2;1-7(12)5-11-3-4-16(14,15)6-8(10-2)9(11)13/h9,11H,4-8H2,1-3H3;8,11H,5-7H2,1-4H3;8-9,11H,4-7H2,1-3H3;8,10H,3-7H2,1-2H3;8,10H,3-6H2,1-2H3. The number of carbonyl (C=O) groups is 6. The van der Waals surface area contributed by atoms with Crippen molar-refractivity contribution in [2.24, 2.45) is 5.92 Å². The van der Waals surface area contributed by atoms with Gasteiger partial charge in [-0.25, -0.2) is 42.1 Å². The molecule has 0 spiro atoms. The van der Waals surface area contributed by atoms with E-state index in [0.29, 0.717) is 45.2 Å². The van der Waals surface area contributed by atoms with Gasteiger partial charge in [-0.1, -0.05) is 13.8 Å². The zero-order chi connectivity index (χ0) is 62.5. The summed E-state index contributed by atoms with van der Waals surface area (Å²) in [6.45, 7) is 15.1. The van der Waals surface area contributed by atoms with Gasteiger partial charge < -0.3 is 60.7 Å². The van der Waals surface area contributed by atoms with Crippen LogP contribution in [0, 0.1) is 5.92 Å². The molecule has 0 aromatic rings. The molecule has 0 bridgehead atoms. The number of methoxy groups -OCH3 is 1. The molecule has 0 radical (unpaired) electrons. The number of nitrogens with one attached hydrogen (secondary N) is 5. The van der Waals surface area contributed by atoms with E-state index >= 15 is 0 Å². The fourth-order valence-corrected chi connectivity index (χ4v) is 16.0. The summed E-state index contributed by atoms with van der Waals surface area (Å²) < 4.78 is 121. The lowest BCUT2D eigenvalue weighted by molar-refractivity contribution is -0.137. The first-order valence-electron chi connectivity index (χ1n) is 26.7. The maximum atomic E-state index is 12.1. The van der Waals surface area contributed by atoms with E-state index in [1.54, 1.807) is 50.0 Å². The highest BCUT2D eigenvalue weighted by atomic mass is 32.2. The normalized spacial score (nSPS) is 25.7. The lowest BCUT2D eigenvalue weighted by atomic mass is 10.0. The van der Waals surface area contributed by atoms with E-state index in [1.807, 2.05) is 53.6 Å². The summed E-state index contributed by atoms with van der Waals surface area (Å²) in [5, 5.41) is 13.8. The minimum absolute atomic E-state index is 0.0213. The Morgan fingerprint density at radius 1 is 0.519 bits per heavy atom. The molecule has 0 aliphatic carbocycles. The van der Waals surface area contributed by atoms with E-state index in [-0.39, 0.29) is 125 Å².